The van der Waals surface area contributed by atoms with Crippen LogP contribution in [-0.2, 0) is 4.74 Å². The lowest BCUT2D eigenvalue weighted by Crippen LogP contribution is -2.32. The summed E-state index contributed by atoms with van der Waals surface area (Å²) in [5, 5.41) is 3.40. The second-order valence-corrected chi connectivity index (χ2v) is 5.37. The fourth-order valence-corrected chi connectivity index (χ4v) is 2.16. The van der Waals surface area contributed by atoms with Crippen LogP contribution in [0.1, 0.15) is 20.3 Å². The molecule has 90 valence electrons. The monoisotopic (exact) mass is 231 g/mol. The quantitative estimate of drug-likeness (QED) is 0.461. The van der Waals surface area contributed by atoms with Gasteiger partial charge in [-0.15, -0.1) is 6.58 Å². The third-order valence-corrected chi connectivity index (χ3v) is 3.43. The molecule has 0 aromatic heterocycles. The Bertz CT molecular complexity index is 164. The summed E-state index contributed by atoms with van der Waals surface area (Å²) in [6, 6.07) is 0. The SMILES string of the molecule is C=CC(C)(CCSCC)CNCCOC. The Balaban J connectivity index is 3.70. The molecule has 0 aliphatic rings. The van der Waals surface area contributed by atoms with Gasteiger partial charge in [-0.1, -0.05) is 19.9 Å². The molecule has 0 rings (SSSR count). The molecular weight excluding hydrogens is 206 g/mol. The third kappa shape index (κ3) is 7.88. The van der Waals surface area contributed by atoms with E-state index >= 15 is 0 Å². The zero-order chi connectivity index (χ0) is 11.6. The van der Waals surface area contributed by atoms with Crippen LogP contribution in [0.2, 0.25) is 0 Å². The Hall–Kier alpha value is 0.01000. The van der Waals surface area contributed by atoms with E-state index in [1.54, 1.807) is 7.11 Å². The first-order chi connectivity index (χ1) is 7.18. The van der Waals surface area contributed by atoms with Crippen molar-refractivity contribution < 1.29 is 4.74 Å². The van der Waals surface area contributed by atoms with Crippen molar-refractivity contribution in [2.45, 2.75) is 20.3 Å². The maximum atomic E-state index is 5.00. The normalized spacial score (nSPS) is 14.9. The van der Waals surface area contributed by atoms with Gasteiger partial charge in [-0.25, -0.2) is 0 Å². The molecule has 0 fully saturated rings. The largest absolute Gasteiger partial charge is 0.383 e. The maximum Gasteiger partial charge on any atom is 0.0587 e. The molecular formula is C12H25NOS. The van der Waals surface area contributed by atoms with Crippen LogP contribution in [0.3, 0.4) is 0 Å². The van der Waals surface area contributed by atoms with Crippen molar-refractivity contribution in [3.8, 4) is 0 Å². The van der Waals surface area contributed by atoms with E-state index in [1.165, 1.54) is 17.9 Å². The molecule has 0 aliphatic carbocycles. The van der Waals surface area contributed by atoms with Crippen molar-refractivity contribution in [1.29, 1.82) is 0 Å². The van der Waals surface area contributed by atoms with E-state index < -0.39 is 0 Å². The van der Waals surface area contributed by atoms with E-state index in [9.17, 15) is 0 Å². The Kier molecular flexibility index (Phi) is 9.26. The minimum atomic E-state index is 0.218. The van der Waals surface area contributed by atoms with Crippen molar-refractivity contribution >= 4 is 11.8 Å². The Morgan fingerprint density at radius 3 is 2.80 bits per heavy atom. The van der Waals surface area contributed by atoms with Gasteiger partial charge in [0.1, 0.15) is 0 Å². The molecule has 1 atom stereocenters. The van der Waals surface area contributed by atoms with E-state index in [4.69, 9.17) is 4.74 Å². The summed E-state index contributed by atoms with van der Waals surface area (Å²) in [6.45, 7) is 11.1. The van der Waals surface area contributed by atoms with Crippen LogP contribution in [0.5, 0.6) is 0 Å². The summed E-state index contributed by atoms with van der Waals surface area (Å²) in [5.74, 6) is 2.41. The highest BCUT2D eigenvalue weighted by Gasteiger charge is 2.18. The molecule has 1 N–H and O–H groups in total. The predicted molar refractivity (Wildman–Crippen MR) is 70.7 cm³/mol. The number of nitrogens with one attached hydrogen (secondary N) is 1. The average molecular weight is 231 g/mol. The summed E-state index contributed by atoms with van der Waals surface area (Å²) in [4.78, 5) is 0. The van der Waals surface area contributed by atoms with Gasteiger partial charge < -0.3 is 10.1 Å². The molecule has 0 radical (unpaired) electrons. The molecule has 0 spiro atoms. The topological polar surface area (TPSA) is 21.3 Å². The molecule has 0 aromatic rings. The van der Waals surface area contributed by atoms with Crippen molar-refractivity contribution in [3.63, 3.8) is 0 Å². The van der Waals surface area contributed by atoms with Gasteiger partial charge in [-0.05, 0) is 23.3 Å². The van der Waals surface area contributed by atoms with Crippen LogP contribution in [0.15, 0.2) is 12.7 Å². The van der Waals surface area contributed by atoms with Crippen molar-refractivity contribution in [3.05, 3.63) is 12.7 Å². The molecule has 2 nitrogen and oxygen atoms in total. The highest BCUT2D eigenvalue weighted by atomic mass is 32.2. The zero-order valence-corrected chi connectivity index (χ0v) is 11.2. The Morgan fingerprint density at radius 2 is 2.27 bits per heavy atom. The lowest BCUT2D eigenvalue weighted by Gasteiger charge is -2.26. The van der Waals surface area contributed by atoms with Gasteiger partial charge >= 0.3 is 0 Å². The molecule has 0 saturated carbocycles. The van der Waals surface area contributed by atoms with Gasteiger partial charge in [0.05, 0.1) is 6.61 Å². The minimum Gasteiger partial charge on any atom is -0.383 e. The molecule has 0 amide bonds. The maximum absolute atomic E-state index is 5.00. The third-order valence-electron chi connectivity index (χ3n) is 2.53. The van der Waals surface area contributed by atoms with Crippen molar-refractivity contribution in [2.75, 3.05) is 38.3 Å². The van der Waals surface area contributed by atoms with Crippen LogP contribution in [0.25, 0.3) is 0 Å². The molecule has 0 bridgehead atoms. The Labute approximate surface area is 98.9 Å². The van der Waals surface area contributed by atoms with E-state index in [-0.39, 0.29) is 5.41 Å². The average Bonchev–Trinajstić information content (AvgIpc) is 2.25. The van der Waals surface area contributed by atoms with Crippen LogP contribution in [0.4, 0.5) is 0 Å². The van der Waals surface area contributed by atoms with Gasteiger partial charge in [0.2, 0.25) is 0 Å². The van der Waals surface area contributed by atoms with Crippen molar-refractivity contribution in [1.82, 2.24) is 5.32 Å². The van der Waals surface area contributed by atoms with E-state index in [2.05, 4.69) is 31.8 Å². The molecule has 0 aliphatic heterocycles. The van der Waals surface area contributed by atoms with Gasteiger partial charge in [-0.3, -0.25) is 0 Å². The summed E-state index contributed by atoms with van der Waals surface area (Å²) in [5.41, 5.74) is 0.218. The molecule has 1 unspecified atom stereocenters. The molecule has 0 saturated heterocycles. The minimum absolute atomic E-state index is 0.218. The lowest BCUT2D eigenvalue weighted by molar-refractivity contribution is 0.195. The second kappa shape index (κ2) is 9.25. The highest BCUT2D eigenvalue weighted by molar-refractivity contribution is 7.99. The van der Waals surface area contributed by atoms with E-state index in [0.717, 1.165) is 19.7 Å². The van der Waals surface area contributed by atoms with Crippen LogP contribution >= 0.6 is 11.8 Å². The first-order valence-corrected chi connectivity index (χ1v) is 6.75. The zero-order valence-electron chi connectivity index (χ0n) is 10.3. The predicted octanol–water partition coefficient (Wildman–Crippen LogP) is 2.56. The number of ether oxygens (including phenoxy) is 1. The fraction of sp³-hybridized carbons (Fsp3) is 0.833. The van der Waals surface area contributed by atoms with E-state index in [0.29, 0.717) is 0 Å². The number of methoxy groups -OCH3 is 1. The second-order valence-electron chi connectivity index (χ2n) is 3.97. The summed E-state index contributed by atoms with van der Waals surface area (Å²) in [6.07, 6.45) is 3.26. The first kappa shape index (κ1) is 15.0. The van der Waals surface area contributed by atoms with E-state index in [1.807, 2.05) is 11.8 Å². The number of hydrogen-bond donors (Lipinski definition) is 1. The smallest absolute Gasteiger partial charge is 0.0587 e. The van der Waals surface area contributed by atoms with Gasteiger partial charge in [0.25, 0.3) is 0 Å². The fourth-order valence-electron chi connectivity index (χ4n) is 1.26. The number of thioether (sulfide) groups is 1. The summed E-state index contributed by atoms with van der Waals surface area (Å²) in [7, 11) is 1.73. The standard InChI is InChI=1S/C12H25NOS/c1-5-12(3,7-10-15-6-2)11-13-8-9-14-4/h5,13H,1,6-11H2,2-4H3. The summed E-state index contributed by atoms with van der Waals surface area (Å²) >= 11 is 1.99. The lowest BCUT2D eigenvalue weighted by atomic mass is 9.88. The molecule has 0 heterocycles. The number of hydrogen-bond acceptors (Lipinski definition) is 3. The number of rotatable bonds is 10. The van der Waals surface area contributed by atoms with Crippen LogP contribution < -0.4 is 5.32 Å². The van der Waals surface area contributed by atoms with Crippen LogP contribution in [0, 0.1) is 5.41 Å². The van der Waals surface area contributed by atoms with Gasteiger partial charge in [-0.2, -0.15) is 11.8 Å². The van der Waals surface area contributed by atoms with Crippen molar-refractivity contribution in [2.24, 2.45) is 5.41 Å². The molecule has 0 aromatic carbocycles. The molecule has 3 heteroatoms. The first-order valence-electron chi connectivity index (χ1n) is 5.59. The van der Waals surface area contributed by atoms with Gasteiger partial charge in [0.15, 0.2) is 0 Å². The molecule has 15 heavy (non-hydrogen) atoms. The van der Waals surface area contributed by atoms with Gasteiger partial charge in [0, 0.05) is 20.2 Å². The Morgan fingerprint density at radius 1 is 1.53 bits per heavy atom. The van der Waals surface area contributed by atoms with Crippen LogP contribution in [-0.4, -0.2) is 38.3 Å². The highest BCUT2D eigenvalue weighted by Crippen LogP contribution is 2.23. The summed E-state index contributed by atoms with van der Waals surface area (Å²) < 4.78 is 5.00.